The van der Waals surface area contributed by atoms with Crippen molar-refractivity contribution in [2.75, 3.05) is 13.1 Å². The van der Waals surface area contributed by atoms with E-state index in [1.54, 1.807) is 12.1 Å². The summed E-state index contributed by atoms with van der Waals surface area (Å²) < 4.78 is 27.4. The number of sulfonamides is 1. The smallest absolute Gasteiger partial charge is 0.251 e. The molecule has 1 aromatic heterocycles. The first-order chi connectivity index (χ1) is 12.0. The van der Waals surface area contributed by atoms with Crippen molar-refractivity contribution in [2.45, 2.75) is 30.3 Å². The van der Waals surface area contributed by atoms with Crippen LogP contribution in [0, 0.1) is 0 Å². The van der Waals surface area contributed by atoms with E-state index < -0.39 is 10.0 Å². The van der Waals surface area contributed by atoms with Crippen LogP contribution in [0.1, 0.15) is 28.1 Å². The second-order valence-corrected chi connectivity index (χ2v) is 8.73. The number of hydrogen-bond donors (Lipinski definition) is 3. The largest absolute Gasteiger partial charge is 0.350 e. The van der Waals surface area contributed by atoms with Crippen LogP contribution < -0.4 is 15.4 Å². The number of carbonyl (C=O) groups excluding carboxylic acids is 1. The second kappa shape index (κ2) is 8.09. The minimum absolute atomic E-state index is 0.0932. The van der Waals surface area contributed by atoms with Gasteiger partial charge in [0.15, 0.2) is 0 Å². The highest BCUT2D eigenvalue weighted by Crippen LogP contribution is 2.14. The Morgan fingerprint density at radius 1 is 1.28 bits per heavy atom. The summed E-state index contributed by atoms with van der Waals surface area (Å²) in [6.45, 7) is 1.76. The summed E-state index contributed by atoms with van der Waals surface area (Å²) in [5.74, 6) is -0.260. The zero-order valence-corrected chi connectivity index (χ0v) is 15.3. The minimum Gasteiger partial charge on any atom is -0.350 e. The third-order valence-corrected chi connectivity index (χ3v) is 6.37. The molecular formula is C17H21N3O3S2. The molecule has 1 aromatic carbocycles. The van der Waals surface area contributed by atoms with Crippen molar-refractivity contribution in [3.05, 3.63) is 52.2 Å². The summed E-state index contributed by atoms with van der Waals surface area (Å²) in [6.07, 6.45) is 2.16. The molecule has 3 N–H and O–H groups in total. The first-order valence-electron chi connectivity index (χ1n) is 8.18. The quantitative estimate of drug-likeness (QED) is 0.683. The lowest BCUT2D eigenvalue weighted by Gasteiger charge is -2.12. The fraction of sp³-hybridized carbons (Fsp3) is 0.353. The van der Waals surface area contributed by atoms with Crippen LogP contribution in [0.4, 0.5) is 0 Å². The Balaban J connectivity index is 1.64. The van der Waals surface area contributed by atoms with E-state index in [0.29, 0.717) is 18.2 Å². The lowest BCUT2D eigenvalue weighted by Crippen LogP contribution is -2.37. The van der Waals surface area contributed by atoms with Gasteiger partial charge < -0.3 is 10.6 Å². The molecule has 0 spiro atoms. The molecule has 1 fully saturated rings. The Labute approximate surface area is 151 Å². The number of benzene rings is 1. The van der Waals surface area contributed by atoms with Gasteiger partial charge in [-0.15, -0.1) is 11.3 Å². The van der Waals surface area contributed by atoms with E-state index in [2.05, 4.69) is 15.4 Å². The van der Waals surface area contributed by atoms with Crippen LogP contribution in [0.25, 0.3) is 0 Å². The highest BCUT2D eigenvalue weighted by molar-refractivity contribution is 7.89. The summed E-state index contributed by atoms with van der Waals surface area (Å²) >= 11 is 1.49. The first-order valence-corrected chi connectivity index (χ1v) is 10.5. The first kappa shape index (κ1) is 18.1. The summed E-state index contributed by atoms with van der Waals surface area (Å²) in [5.41, 5.74) is 0.344. The van der Waals surface area contributed by atoms with E-state index in [-0.39, 0.29) is 17.3 Å². The van der Waals surface area contributed by atoms with Gasteiger partial charge in [-0.2, -0.15) is 0 Å². The molecule has 1 aliphatic rings. The number of amides is 1. The average Bonchev–Trinajstić information content (AvgIpc) is 3.31. The second-order valence-electron chi connectivity index (χ2n) is 5.94. The molecule has 2 heterocycles. The average molecular weight is 380 g/mol. The van der Waals surface area contributed by atoms with E-state index in [9.17, 15) is 13.2 Å². The van der Waals surface area contributed by atoms with E-state index in [0.717, 1.165) is 24.3 Å². The third kappa shape index (κ3) is 4.88. The summed E-state index contributed by atoms with van der Waals surface area (Å²) in [5, 5.41) is 8.07. The van der Waals surface area contributed by atoms with Gasteiger partial charge in [0.2, 0.25) is 10.0 Å². The van der Waals surface area contributed by atoms with E-state index in [4.69, 9.17) is 0 Å². The Morgan fingerprint density at radius 3 is 2.88 bits per heavy atom. The molecule has 0 radical (unpaired) electrons. The molecule has 8 heteroatoms. The van der Waals surface area contributed by atoms with Crippen molar-refractivity contribution >= 4 is 27.3 Å². The maximum atomic E-state index is 12.4. The van der Waals surface area contributed by atoms with Gasteiger partial charge in [-0.05, 0) is 49.0 Å². The molecular weight excluding hydrogens is 358 g/mol. The zero-order valence-electron chi connectivity index (χ0n) is 13.7. The van der Waals surface area contributed by atoms with Crippen LogP contribution in [0.3, 0.4) is 0 Å². The molecule has 1 saturated heterocycles. The molecule has 1 unspecified atom stereocenters. The van der Waals surface area contributed by atoms with Crippen LogP contribution in [0.15, 0.2) is 46.7 Å². The molecule has 1 aliphatic heterocycles. The highest BCUT2D eigenvalue weighted by atomic mass is 32.2. The minimum atomic E-state index is -3.66. The fourth-order valence-electron chi connectivity index (χ4n) is 2.72. The van der Waals surface area contributed by atoms with E-state index >= 15 is 0 Å². The lowest BCUT2D eigenvalue weighted by atomic mass is 10.2. The number of rotatable bonds is 7. The van der Waals surface area contributed by atoms with Gasteiger partial charge in [0.25, 0.3) is 5.91 Å². The van der Waals surface area contributed by atoms with Gasteiger partial charge in [0.05, 0.1) is 4.90 Å². The van der Waals surface area contributed by atoms with Crippen LogP contribution >= 0.6 is 11.3 Å². The molecule has 134 valence electrons. The van der Waals surface area contributed by atoms with E-state index in [1.165, 1.54) is 23.5 Å². The number of hydrogen-bond acceptors (Lipinski definition) is 5. The van der Waals surface area contributed by atoms with Crippen molar-refractivity contribution < 1.29 is 13.2 Å². The molecule has 0 bridgehead atoms. The van der Waals surface area contributed by atoms with Crippen molar-refractivity contribution in [3.63, 3.8) is 0 Å². The molecule has 3 rings (SSSR count). The van der Waals surface area contributed by atoms with Crippen molar-refractivity contribution in [1.82, 2.24) is 15.4 Å². The van der Waals surface area contributed by atoms with Crippen molar-refractivity contribution in [2.24, 2.45) is 0 Å². The maximum Gasteiger partial charge on any atom is 0.251 e. The van der Waals surface area contributed by atoms with Gasteiger partial charge in [-0.25, -0.2) is 13.1 Å². The zero-order chi connectivity index (χ0) is 17.7. The van der Waals surface area contributed by atoms with Crippen LogP contribution in [-0.4, -0.2) is 33.5 Å². The Bertz CT molecular complexity index is 813. The molecule has 0 saturated carbocycles. The van der Waals surface area contributed by atoms with E-state index in [1.807, 2.05) is 17.5 Å². The monoisotopic (exact) mass is 379 g/mol. The predicted molar refractivity (Wildman–Crippen MR) is 98.1 cm³/mol. The predicted octanol–water partition coefficient (Wildman–Crippen LogP) is 1.71. The van der Waals surface area contributed by atoms with Gasteiger partial charge in [0, 0.05) is 29.6 Å². The number of thiophene rings is 1. The lowest BCUT2D eigenvalue weighted by molar-refractivity contribution is 0.0950. The Morgan fingerprint density at radius 2 is 2.16 bits per heavy atom. The summed E-state index contributed by atoms with van der Waals surface area (Å²) in [4.78, 5) is 13.3. The maximum absolute atomic E-state index is 12.4. The SMILES string of the molecule is O=C(NCC1CCCN1)c1cccc(S(=O)(=O)NCc2cccs2)c1. The van der Waals surface area contributed by atoms with Crippen molar-refractivity contribution in [3.8, 4) is 0 Å². The Hall–Kier alpha value is -1.74. The third-order valence-electron chi connectivity index (χ3n) is 4.09. The summed E-state index contributed by atoms with van der Waals surface area (Å²) in [7, 11) is -3.66. The molecule has 2 aromatic rings. The number of nitrogens with one attached hydrogen (secondary N) is 3. The highest BCUT2D eigenvalue weighted by Gasteiger charge is 2.18. The normalized spacial score (nSPS) is 17.5. The molecule has 25 heavy (non-hydrogen) atoms. The van der Waals surface area contributed by atoms with Gasteiger partial charge in [-0.1, -0.05) is 12.1 Å². The van der Waals surface area contributed by atoms with Crippen molar-refractivity contribution in [1.29, 1.82) is 0 Å². The molecule has 1 atom stereocenters. The van der Waals surface area contributed by atoms with Gasteiger partial charge in [-0.3, -0.25) is 4.79 Å². The van der Waals surface area contributed by atoms with Crippen LogP contribution in [0.5, 0.6) is 0 Å². The van der Waals surface area contributed by atoms with Gasteiger partial charge in [0.1, 0.15) is 0 Å². The summed E-state index contributed by atoms with van der Waals surface area (Å²) in [6, 6.07) is 10.1. The number of carbonyl (C=O) groups is 1. The van der Waals surface area contributed by atoms with Crippen LogP contribution in [0.2, 0.25) is 0 Å². The van der Waals surface area contributed by atoms with Crippen LogP contribution in [-0.2, 0) is 16.6 Å². The molecule has 0 aliphatic carbocycles. The standard InChI is InChI=1S/C17H21N3O3S2/c21-17(19-11-14-5-2-8-18-14)13-4-1-7-16(10-13)25(22,23)20-12-15-6-3-9-24-15/h1,3-4,6-7,9-10,14,18,20H,2,5,8,11-12H2,(H,19,21). The topological polar surface area (TPSA) is 87.3 Å². The molecule has 1 amide bonds. The fourth-order valence-corrected chi connectivity index (χ4v) is 4.50. The molecule has 6 nitrogen and oxygen atoms in total. The Kier molecular flexibility index (Phi) is 5.85. The van der Waals surface area contributed by atoms with Gasteiger partial charge >= 0.3 is 0 Å².